The number of nitrogens with two attached hydrogens (primary N) is 1. The van der Waals surface area contributed by atoms with Gasteiger partial charge in [0.15, 0.2) is 0 Å². The fraction of sp³-hybridized carbons (Fsp3) is 0.857. The first-order valence-corrected chi connectivity index (χ1v) is 6.18. The van der Waals surface area contributed by atoms with E-state index in [-0.39, 0.29) is 0 Å². The molecule has 0 unspecified atom stereocenters. The minimum Gasteiger partial charge on any atom is -0.450 e. The molecule has 80 valence electrons. The lowest BCUT2D eigenvalue weighted by Gasteiger charge is -1.94. The molecule has 0 aromatic rings. The molecule has 0 aromatic carbocycles. The molecule has 0 radical (unpaired) electrons. The average molecular weight is 320 g/mol. The fourth-order valence-corrected chi connectivity index (χ4v) is 0.962. The second-order valence-corrected chi connectivity index (χ2v) is 3.47. The number of hydrogen-bond acceptors (Lipinski definition) is 3. The topological polar surface area (TPSA) is 64.3 Å². The van der Waals surface area contributed by atoms with Crippen LogP contribution in [0.3, 0.4) is 0 Å². The number of halogens is 2. The van der Waals surface area contributed by atoms with Gasteiger partial charge in [-0.1, -0.05) is 31.9 Å². The molecule has 0 spiro atoms. The molecule has 0 aromatic heterocycles. The predicted molar refractivity (Wildman–Crippen MR) is 61.7 cm³/mol. The zero-order chi connectivity index (χ0) is 10.5. The highest BCUT2D eigenvalue weighted by molar-refractivity contribution is 9.09. The summed E-state index contributed by atoms with van der Waals surface area (Å²) < 4.78 is 4.18. The van der Waals surface area contributed by atoms with Crippen molar-refractivity contribution >= 4 is 38.0 Å². The molecule has 0 saturated heterocycles. The van der Waals surface area contributed by atoms with E-state index in [4.69, 9.17) is 0 Å². The van der Waals surface area contributed by atoms with Crippen LogP contribution in [0.15, 0.2) is 0 Å². The van der Waals surface area contributed by atoms with Gasteiger partial charge < -0.3 is 15.8 Å². The zero-order valence-corrected chi connectivity index (χ0v) is 10.9. The summed E-state index contributed by atoms with van der Waals surface area (Å²) in [5.74, 6) is 0. The van der Waals surface area contributed by atoms with Gasteiger partial charge >= 0.3 is 6.09 Å². The van der Waals surface area contributed by atoms with E-state index in [1.165, 1.54) is 0 Å². The first-order chi connectivity index (χ1) is 6.18. The van der Waals surface area contributed by atoms with Crippen LogP contribution in [0.1, 0.15) is 6.92 Å². The van der Waals surface area contributed by atoms with Crippen molar-refractivity contribution in [3.8, 4) is 0 Å². The second-order valence-electron chi connectivity index (χ2n) is 1.88. The van der Waals surface area contributed by atoms with E-state index < -0.39 is 6.09 Å². The van der Waals surface area contributed by atoms with Crippen molar-refractivity contribution < 1.29 is 9.53 Å². The molecule has 0 rings (SSSR count). The summed E-state index contributed by atoms with van der Waals surface area (Å²) in [5, 5.41) is 5.27. The maximum Gasteiger partial charge on any atom is 0.404 e. The molecule has 0 heterocycles. The monoisotopic (exact) mass is 318 g/mol. The SMILES string of the molecule is BrCCNCCBr.CCOC(N)=O. The lowest BCUT2D eigenvalue weighted by molar-refractivity contribution is 0.163. The van der Waals surface area contributed by atoms with Crippen molar-refractivity contribution in [3.05, 3.63) is 0 Å². The van der Waals surface area contributed by atoms with Crippen LogP contribution < -0.4 is 11.1 Å². The maximum absolute atomic E-state index is 9.60. The van der Waals surface area contributed by atoms with E-state index in [1.807, 2.05) is 0 Å². The Morgan fingerprint density at radius 1 is 1.38 bits per heavy atom. The van der Waals surface area contributed by atoms with Crippen molar-refractivity contribution in [2.45, 2.75) is 6.92 Å². The van der Waals surface area contributed by atoms with Crippen LogP contribution in [0.2, 0.25) is 0 Å². The first-order valence-electron chi connectivity index (χ1n) is 3.93. The molecular weight excluding hydrogens is 304 g/mol. The molecule has 0 bridgehead atoms. The van der Waals surface area contributed by atoms with Gasteiger partial charge in [-0.3, -0.25) is 0 Å². The summed E-state index contributed by atoms with van der Waals surface area (Å²) in [7, 11) is 0. The van der Waals surface area contributed by atoms with E-state index in [9.17, 15) is 4.79 Å². The van der Waals surface area contributed by atoms with E-state index in [1.54, 1.807) is 6.92 Å². The third-order valence-electron chi connectivity index (χ3n) is 0.829. The van der Waals surface area contributed by atoms with Crippen LogP contribution >= 0.6 is 31.9 Å². The second kappa shape index (κ2) is 14.7. The number of hydrogen-bond donors (Lipinski definition) is 2. The molecule has 0 aliphatic carbocycles. The Morgan fingerprint density at radius 3 is 2.00 bits per heavy atom. The Labute approximate surface area is 95.8 Å². The third-order valence-corrected chi connectivity index (χ3v) is 1.62. The highest BCUT2D eigenvalue weighted by Crippen LogP contribution is 1.76. The third kappa shape index (κ3) is 24.5. The minimum absolute atomic E-state index is 0.356. The fourth-order valence-electron chi connectivity index (χ4n) is 0.401. The van der Waals surface area contributed by atoms with Gasteiger partial charge in [0.05, 0.1) is 6.61 Å². The Kier molecular flexibility index (Phi) is 17.7. The van der Waals surface area contributed by atoms with Gasteiger partial charge in [-0.25, -0.2) is 4.79 Å². The summed E-state index contributed by atoms with van der Waals surface area (Å²) in [6, 6.07) is 0. The molecule has 0 atom stereocenters. The van der Waals surface area contributed by atoms with Crippen LogP contribution in [-0.4, -0.2) is 36.4 Å². The average Bonchev–Trinajstić information content (AvgIpc) is 2.06. The summed E-state index contributed by atoms with van der Waals surface area (Å²) in [6.07, 6.45) is -0.711. The molecule has 3 N–H and O–H groups in total. The van der Waals surface area contributed by atoms with Gasteiger partial charge in [0.1, 0.15) is 0 Å². The van der Waals surface area contributed by atoms with Crippen LogP contribution in [0, 0.1) is 0 Å². The number of carbonyl (C=O) groups is 1. The van der Waals surface area contributed by atoms with Crippen molar-refractivity contribution in [1.82, 2.24) is 5.32 Å². The maximum atomic E-state index is 9.60. The smallest absolute Gasteiger partial charge is 0.404 e. The molecule has 6 heteroatoms. The van der Waals surface area contributed by atoms with Crippen molar-refractivity contribution in [1.29, 1.82) is 0 Å². The van der Waals surface area contributed by atoms with Gasteiger partial charge in [0.2, 0.25) is 0 Å². The molecule has 0 aliphatic heterocycles. The van der Waals surface area contributed by atoms with Gasteiger partial charge in [0, 0.05) is 23.7 Å². The van der Waals surface area contributed by atoms with Crippen molar-refractivity contribution in [3.63, 3.8) is 0 Å². The molecule has 0 fully saturated rings. The van der Waals surface area contributed by atoms with Crippen LogP contribution in [0.4, 0.5) is 4.79 Å². The summed E-state index contributed by atoms with van der Waals surface area (Å²) >= 11 is 6.60. The predicted octanol–water partition coefficient (Wildman–Crippen LogP) is 1.47. The highest BCUT2D eigenvalue weighted by atomic mass is 79.9. The number of ether oxygens (including phenoxy) is 1. The van der Waals surface area contributed by atoms with Gasteiger partial charge in [-0.05, 0) is 6.92 Å². The van der Waals surface area contributed by atoms with Crippen LogP contribution in [-0.2, 0) is 4.74 Å². The Bertz CT molecular complexity index is 111. The van der Waals surface area contributed by atoms with E-state index in [2.05, 4.69) is 47.6 Å². The summed E-state index contributed by atoms with van der Waals surface area (Å²) in [5.41, 5.74) is 4.54. The molecule has 13 heavy (non-hydrogen) atoms. The molecular formula is C7H16Br2N2O2. The zero-order valence-electron chi connectivity index (χ0n) is 7.69. The summed E-state index contributed by atoms with van der Waals surface area (Å²) in [4.78, 5) is 9.60. The normalized spacial score (nSPS) is 8.54. The van der Waals surface area contributed by atoms with Gasteiger partial charge in [-0.15, -0.1) is 0 Å². The number of nitrogens with one attached hydrogen (secondary N) is 1. The standard InChI is InChI=1S/C4H9Br2N.C3H7NO2/c5-1-3-7-4-2-6;1-2-6-3(4)5/h7H,1-4H2;2H2,1H3,(H2,4,5). The first kappa shape index (κ1) is 15.7. The minimum atomic E-state index is -0.711. The lowest BCUT2D eigenvalue weighted by Crippen LogP contribution is -2.18. The van der Waals surface area contributed by atoms with Crippen LogP contribution in [0.25, 0.3) is 0 Å². The number of rotatable bonds is 5. The molecule has 0 aliphatic rings. The largest absolute Gasteiger partial charge is 0.450 e. The number of alkyl halides is 2. The molecule has 1 amide bonds. The van der Waals surface area contributed by atoms with Gasteiger partial charge in [-0.2, -0.15) is 0 Å². The van der Waals surface area contributed by atoms with E-state index in [0.717, 1.165) is 23.7 Å². The highest BCUT2D eigenvalue weighted by Gasteiger charge is 1.82. The Hall–Kier alpha value is 0.190. The Balaban J connectivity index is 0. The molecule has 0 saturated carbocycles. The lowest BCUT2D eigenvalue weighted by atomic mass is 10.7. The van der Waals surface area contributed by atoms with Gasteiger partial charge in [0.25, 0.3) is 0 Å². The van der Waals surface area contributed by atoms with E-state index in [0.29, 0.717) is 6.61 Å². The summed E-state index contributed by atoms with van der Waals surface area (Å²) in [6.45, 7) is 4.18. The number of amides is 1. The van der Waals surface area contributed by atoms with Crippen molar-refractivity contribution in [2.24, 2.45) is 5.73 Å². The number of carbonyl (C=O) groups excluding carboxylic acids is 1. The molecule has 4 nitrogen and oxygen atoms in total. The van der Waals surface area contributed by atoms with Crippen molar-refractivity contribution in [2.75, 3.05) is 30.4 Å². The quantitative estimate of drug-likeness (QED) is 0.596. The Morgan fingerprint density at radius 2 is 1.85 bits per heavy atom. The van der Waals surface area contributed by atoms with Crippen LogP contribution in [0.5, 0.6) is 0 Å². The van der Waals surface area contributed by atoms with E-state index >= 15 is 0 Å². The number of primary amides is 1.